The molecule has 2 nitrogen and oxygen atoms in total. The summed E-state index contributed by atoms with van der Waals surface area (Å²) >= 11 is 0. The van der Waals surface area contributed by atoms with Gasteiger partial charge in [0.1, 0.15) is 0 Å². The molecule has 1 aromatic rings. The average molecular weight is 274 g/mol. The first-order valence-electron chi connectivity index (χ1n) is 8.19. The summed E-state index contributed by atoms with van der Waals surface area (Å²) in [5.74, 6) is 1.61. The molecule has 20 heavy (non-hydrogen) atoms. The van der Waals surface area contributed by atoms with Crippen molar-refractivity contribution in [3.8, 4) is 0 Å². The molecule has 0 aliphatic carbocycles. The number of nitrogens with zero attached hydrogens (tertiary/aromatic N) is 1. The molecule has 0 spiro atoms. The average Bonchev–Trinajstić information content (AvgIpc) is 2.50. The maximum absolute atomic E-state index is 3.50. The second-order valence-electron chi connectivity index (χ2n) is 6.31. The zero-order valence-electron chi connectivity index (χ0n) is 13.3. The van der Waals surface area contributed by atoms with Gasteiger partial charge in [0.15, 0.2) is 0 Å². The Morgan fingerprint density at radius 1 is 1.20 bits per heavy atom. The minimum atomic E-state index is 0.458. The molecule has 0 radical (unpaired) electrons. The van der Waals surface area contributed by atoms with E-state index in [9.17, 15) is 0 Å². The zero-order valence-corrected chi connectivity index (χ0v) is 13.3. The maximum atomic E-state index is 3.50. The van der Waals surface area contributed by atoms with E-state index in [0.717, 1.165) is 5.92 Å². The topological polar surface area (TPSA) is 15.3 Å². The molecule has 2 unspecified atom stereocenters. The van der Waals surface area contributed by atoms with Crippen LogP contribution in [0.1, 0.15) is 44.7 Å². The Labute approximate surface area is 124 Å². The van der Waals surface area contributed by atoms with Crippen molar-refractivity contribution in [3.05, 3.63) is 35.9 Å². The molecule has 1 N–H and O–H groups in total. The van der Waals surface area contributed by atoms with E-state index in [1.54, 1.807) is 0 Å². The van der Waals surface area contributed by atoms with Crippen LogP contribution in [0.25, 0.3) is 0 Å². The quantitative estimate of drug-likeness (QED) is 0.851. The summed E-state index contributed by atoms with van der Waals surface area (Å²) in [5.41, 5.74) is 1.41. The highest BCUT2D eigenvalue weighted by atomic mass is 15.1. The summed E-state index contributed by atoms with van der Waals surface area (Å²) < 4.78 is 0. The molecule has 1 saturated heterocycles. The first kappa shape index (κ1) is 15.5. The number of hydrogen-bond acceptors (Lipinski definition) is 2. The molecule has 0 aromatic heterocycles. The van der Waals surface area contributed by atoms with Gasteiger partial charge >= 0.3 is 0 Å². The van der Waals surface area contributed by atoms with Crippen LogP contribution in [-0.4, -0.2) is 31.6 Å². The molecular weight excluding hydrogens is 244 g/mol. The summed E-state index contributed by atoms with van der Waals surface area (Å²) in [6.45, 7) is 8.48. The summed E-state index contributed by atoms with van der Waals surface area (Å²) in [4.78, 5) is 2.66. The van der Waals surface area contributed by atoms with Crippen LogP contribution in [0, 0.1) is 11.8 Å². The van der Waals surface area contributed by atoms with Crippen molar-refractivity contribution in [2.45, 2.75) is 39.2 Å². The Balaban J connectivity index is 1.88. The van der Waals surface area contributed by atoms with Gasteiger partial charge in [-0.05, 0) is 50.4 Å². The molecule has 2 atom stereocenters. The number of nitrogens with one attached hydrogen (secondary N) is 1. The van der Waals surface area contributed by atoms with Gasteiger partial charge in [0, 0.05) is 12.6 Å². The van der Waals surface area contributed by atoms with Crippen molar-refractivity contribution in [1.29, 1.82) is 0 Å². The number of piperidine rings is 1. The standard InChI is InChI=1S/C18H30N2/c1-4-16-10-12-20(13-11-16)14-15(2)18(19-3)17-8-6-5-7-9-17/h5-9,15-16,18-19H,4,10-14H2,1-3H3. The Hall–Kier alpha value is -0.860. The molecule has 1 aromatic carbocycles. The monoisotopic (exact) mass is 274 g/mol. The largest absolute Gasteiger partial charge is 0.313 e. The zero-order chi connectivity index (χ0) is 14.4. The van der Waals surface area contributed by atoms with E-state index in [1.807, 2.05) is 0 Å². The highest BCUT2D eigenvalue weighted by Gasteiger charge is 2.23. The Morgan fingerprint density at radius 3 is 2.40 bits per heavy atom. The van der Waals surface area contributed by atoms with E-state index >= 15 is 0 Å². The maximum Gasteiger partial charge on any atom is 0.0355 e. The fraction of sp³-hybridized carbons (Fsp3) is 0.667. The van der Waals surface area contributed by atoms with Gasteiger partial charge in [0.25, 0.3) is 0 Å². The van der Waals surface area contributed by atoms with Gasteiger partial charge in [-0.3, -0.25) is 0 Å². The predicted octanol–water partition coefficient (Wildman–Crippen LogP) is 3.71. The first-order chi connectivity index (χ1) is 9.74. The lowest BCUT2D eigenvalue weighted by atomic mass is 9.91. The summed E-state index contributed by atoms with van der Waals surface area (Å²) in [7, 11) is 2.08. The number of benzene rings is 1. The summed E-state index contributed by atoms with van der Waals surface area (Å²) in [5, 5.41) is 3.50. The fourth-order valence-corrected chi connectivity index (χ4v) is 3.53. The molecule has 0 amide bonds. The highest BCUT2D eigenvalue weighted by Crippen LogP contribution is 2.25. The van der Waals surface area contributed by atoms with Crippen LogP contribution in [0.2, 0.25) is 0 Å². The molecule has 1 aliphatic heterocycles. The van der Waals surface area contributed by atoms with Crippen molar-refractivity contribution in [2.75, 3.05) is 26.7 Å². The van der Waals surface area contributed by atoms with E-state index < -0.39 is 0 Å². The minimum Gasteiger partial charge on any atom is -0.313 e. The lowest BCUT2D eigenvalue weighted by Crippen LogP contribution is -2.39. The third-order valence-corrected chi connectivity index (χ3v) is 4.87. The Morgan fingerprint density at radius 2 is 1.85 bits per heavy atom. The van der Waals surface area contributed by atoms with Gasteiger partial charge in [-0.2, -0.15) is 0 Å². The molecule has 1 fully saturated rings. The van der Waals surface area contributed by atoms with Crippen LogP contribution in [-0.2, 0) is 0 Å². The number of rotatable bonds is 6. The SMILES string of the molecule is CCC1CCN(CC(C)C(NC)c2ccccc2)CC1. The molecule has 2 heteroatoms. The van der Waals surface area contributed by atoms with E-state index in [0.29, 0.717) is 12.0 Å². The van der Waals surface area contributed by atoms with Crippen molar-refractivity contribution >= 4 is 0 Å². The van der Waals surface area contributed by atoms with Gasteiger partial charge in [0.2, 0.25) is 0 Å². The van der Waals surface area contributed by atoms with Crippen molar-refractivity contribution in [2.24, 2.45) is 11.8 Å². The predicted molar refractivity (Wildman–Crippen MR) is 86.9 cm³/mol. The van der Waals surface area contributed by atoms with Crippen molar-refractivity contribution < 1.29 is 0 Å². The Bertz CT molecular complexity index is 368. The van der Waals surface area contributed by atoms with Gasteiger partial charge in [-0.1, -0.05) is 50.6 Å². The van der Waals surface area contributed by atoms with E-state index in [-0.39, 0.29) is 0 Å². The first-order valence-corrected chi connectivity index (χ1v) is 8.19. The minimum absolute atomic E-state index is 0.458. The van der Waals surface area contributed by atoms with Crippen LogP contribution in [0.15, 0.2) is 30.3 Å². The van der Waals surface area contributed by atoms with Gasteiger partial charge in [-0.15, -0.1) is 0 Å². The van der Waals surface area contributed by atoms with Crippen molar-refractivity contribution in [3.63, 3.8) is 0 Å². The van der Waals surface area contributed by atoms with Crippen LogP contribution in [0.3, 0.4) is 0 Å². The van der Waals surface area contributed by atoms with Gasteiger partial charge < -0.3 is 10.2 Å². The van der Waals surface area contributed by atoms with Crippen LogP contribution < -0.4 is 5.32 Å². The normalized spacial score (nSPS) is 20.8. The molecule has 1 aliphatic rings. The smallest absolute Gasteiger partial charge is 0.0355 e. The van der Waals surface area contributed by atoms with Crippen molar-refractivity contribution in [1.82, 2.24) is 10.2 Å². The molecule has 0 bridgehead atoms. The number of hydrogen-bond donors (Lipinski definition) is 1. The highest BCUT2D eigenvalue weighted by molar-refractivity contribution is 5.19. The van der Waals surface area contributed by atoms with E-state index in [1.165, 1.54) is 44.5 Å². The fourth-order valence-electron chi connectivity index (χ4n) is 3.53. The number of likely N-dealkylation sites (tertiary alicyclic amines) is 1. The third-order valence-electron chi connectivity index (χ3n) is 4.87. The molecule has 0 saturated carbocycles. The van der Waals surface area contributed by atoms with E-state index in [2.05, 4.69) is 61.4 Å². The second-order valence-corrected chi connectivity index (χ2v) is 6.31. The second kappa shape index (κ2) is 7.80. The summed E-state index contributed by atoms with van der Waals surface area (Å²) in [6.07, 6.45) is 4.13. The lowest BCUT2D eigenvalue weighted by Gasteiger charge is -2.35. The van der Waals surface area contributed by atoms with Gasteiger partial charge in [0.05, 0.1) is 0 Å². The summed E-state index contributed by atoms with van der Waals surface area (Å²) in [6, 6.07) is 11.3. The van der Waals surface area contributed by atoms with Crippen LogP contribution in [0.4, 0.5) is 0 Å². The molecule has 2 rings (SSSR count). The van der Waals surface area contributed by atoms with Gasteiger partial charge in [-0.25, -0.2) is 0 Å². The Kier molecular flexibility index (Phi) is 6.06. The third kappa shape index (κ3) is 4.07. The van der Waals surface area contributed by atoms with Crippen LogP contribution >= 0.6 is 0 Å². The van der Waals surface area contributed by atoms with Crippen LogP contribution in [0.5, 0.6) is 0 Å². The molecule has 112 valence electrons. The molecule has 1 heterocycles. The molecular formula is C18H30N2. The van der Waals surface area contributed by atoms with E-state index in [4.69, 9.17) is 0 Å². The lowest BCUT2D eigenvalue weighted by molar-refractivity contribution is 0.151.